The zero-order valence-electron chi connectivity index (χ0n) is 13.3. The largest absolute Gasteiger partial charge is 0.352 e. The van der Waals surface area contributed by atoms with Gasteiger partial charge in [-0.2, -0.15) is 0 Å². The summed E-state index contributed by atoms with van der Waals surface area (Å²) in [6.45, 7) is 1.97. The average Bonchev–Trinajstić information content (AvgIpc) is 3.00. The van der Waals surface area contributed by atoms with Crippen molar-refractivity contribution in [2.45, 2.75) is 51.1 Å². The number of nitrogens with two attached hydrogens (primary N) is 1. The monoisotopic (exact) mass is 303 g/mol. The van der Waals surface area contributed by atoms with Crippen LogP contribution in [0.3, 0.4) is 0 Å². The number of nitrogens with one attached hydrogen (secondary N) is 1. The number of urea groups is 1. The summed E-state index contributed by atoms with van der Waals surface area (Å²) in [6.07, 6.45) is 4.74. The van der Waals surface area contributed by atoms with Crippen molar-refractivity contribution in [3.05, 3.63) is 35.4 Å². The van der Waals surface area contributed by atoms with E-state index in [4.69, 9.17) is 5.73 Å². The highest BCUT2D eigenvalue weighted by atomic mass is 16.2. The Labute approximate surface area is 131 Å². The highest BCUT2D eigenvalue weighted by Crippen LogP contribution is 2.26. The summed E-state index contributed by atoms with van der Waals surface area (Å²) in [5.74, 6) is 0.0499. The molecule has 0 spiro atoms. The van der Waals surface area contributed by atoms with Gasteiger partial charge in [-0.1, -0.05) is 37.1 Å². The van der Waals surface area contributed by atoms with Crippen LogP contribution in [0.5, 0.6) is 0 Å². The van der Waals surface area contributed by atoms with Crippen LogP contribution in [-0.2, 0) is 4.79 Å². The molecule has 0 aromatic heterocycles. The second kappa shape index (κ2) is 7.29. The van der Waals surface area contributed by atoms with Gasteiger partial charge in [-0.15, -0.1) is 0 Å². The molecule has 2 rings (SSSR count). The molecule has 3 N–H and O–H groups in total. The average molecular weight is 303 g/mol. The fraction of sp³-hybridized carbons (Fsp3) is 0.529. The van der Waals surface area contributed by atoms with Gasteiger partial charge >= 0.3 is 6.03 Å². The SMILES string of the molecule is Cc1ccccc1C(CC(=O)N(C)C1CCCC1)NC(N)=O. The number of carbonyl (C=O) groups excluding carboxylic acids is 2. The number of hydrogen-bond donors (Lipinski definition) is 2. The molecule has 120 valence electrons. The smallest absolute Gasteiger partial charge is 0.312 e. The van der Waals surface area contributed by atoms with Crippen LogP contribution in [0.25, 0.3) is 0 Å². The van der Waals surface area contributed by atoms with Crippen molar-refractivity contribution in [3.63, 3.8) is 0 Å². The Bertz CT molecular complexity index is 538. The summed E-state index contributed by atoms with van der Waals surface area (Å²) in [7, 11) is 1.86. The van der Waals surface area contributed by atoms with E-state index in [0.29, 0.717) is 6.04 Å². The Morgan fingerprint density at radius 2 is 1.95 bits per heavy atom. The third-order valence-electron chi connectivity index (χ3n) is 4.52. The first kappa shape index (κ1) is 16.3. The van der Waals surface area contributed by atoms with Crippen LogP contribution < -0.4 is 11.1 Å². The Balaban J connectivity index is 2.11. The number of aryl methyl sites for hydroxylation is 1. The number of nitrogens with zero attached hydrogens (tertiary/aromatic N) is 1. The molecule has 1 atom stereocenters. The van der Waals surface area contributed by atoms with Crippen molar-refractivity contribution in [1.82, 2.24) is 10.2 Å². The van der Waals surface area contributed by atoms with Crippen molar-refractivity contribution in [1.29, 1.82) is 0 Å². The number of carbonyl (C=O) groups is 2. The molecule has 0 bridgehead atoms. The Kier molecular flexibility index (Phi) is 5.41. The lowest BCUT2D eigenvalue weighted by Crippen LogP contribution is -2.40. The highest BCUT2D eigenvalue weighted by molar-refractivity contribution is 5.79. The van der Waals surface area contributed by atoms with E-state index in [-0.39, 0.29) is 18.4 Å². The standard InChI is InChI=1S/C17H25N3O2/c1-12-7-3-6-10-14(12)15(19-17(18)22)11-16(21)20(2)13-8-4-5-9-13/h3,6-7,10,13,15H,4-5,8-9,11H2,1-2H3,(H3,18,19,22). The molecule has 5 heteroatoms. The second-order valence-electron chi connectivity index (χ2n) is 6.06. The van der Waals surface area contributed by atoms with Crippen molar-refractivity contribution < 1.29 is 9.59 Å². The molecule has 1 aliphatic rings. The zero-order valence-corrected chi connectivity index (χ0v) is 13.3. The molecule has 22 heavy (non-hydrogen) atoms. The van der Waals surface area contributed by atoms with Gasteiger partial charge in [-0.05, 0) is 30.9 Å². The van der Waals surface area contributed by atoms with E-state index in [0.717, 1.165) is 24.0 Å². The number of primary amides is 1. The summed E-state index contributed by atoms with van der Waals surface area (Å²) < 4.78 is 0. The quantitative estimate of drug-likeness (QED) is 0.877. The van der Waals surface area contributed by atoms with Crippen LogP contribution in [0, 0.1) is 6.92 Å². The van der Waals surface area contributed by atoms with Gasteiger partial charge in [0.25, 0.3) is 0 Å². The van der Waals surface area contributed by atoms with Gasteiger partial charge in [0.05, 0.1) is 12.5 Å². The van der Waals surface area contributed by atoms with Gasteiger partial charge in [0.15, 0.2) is 0 Å². The van der Waals surface area contributed by atoms with E-state index < -0.39 is 6.03 Å². The molecule has 0 saturated heterocycles. The highest BCUT2D eigenvalue weighted by Gasteiger charge is 2.26. The molecule has 0 heterocycles. The fourth-order valence-electron chi connectivity index (χ4n) is 3.20. The van der Waals surface area contributed by atoms with E-state index >= 15 is 0 Å². The van der Waals surface area contributed by atoms with Crippen LogP contribution >= 0.6 is 0 Å². The maximum absolute atomic E-state index is 12.5. The zero-order chi connectivity index (χ0) is 16.1. The maximum atomic E-state index is 12.5. The van der Waals surface area contributed by atoms with Gasteiger partial charge in [0, 0.05) is 13.1 Å². The number of amides is 3. The van der Waals surface area contributed by atoms with Crippen molar-refractivity contribution >= 4 is 11.9 Å². The van der Waals surface area contributed by atoms with E-state index in [9.17, 15) is 9.59 Å². The number of rotatable bonds is 5. The molecule has 3 amide bonds. The lowest BCUT2D eigenvalue weighted by Gasteiger charge is -2.27. The molecule has 1 aromatic carbocycles. The van der Waals surface area contributed by atoms with Crippen molar-refractivity contribution in [2.24, 2.45) is 5.73 Å². The van der Waals surface area contributed by atoms with Gasteiger partial charge < -0.3 is 16.0 Å². The van der Waals surface area contributed by atoms with Gasteiger partial charge in [0.2, 0.25) is 5.91 Å². The maximum Gasteiger partial charge on any atom is 0.312 e. The molecule has 1 fully saturated rings. The molecule has 1 saturated carbocycles. The first-order chi connectivity index (χ1) is 10.5. The lowest BCUT2D eigenvalue weighted by atomic mass is 9.98. The van der Waals surface area contributed by atoms with Crippen molar-refractivity contribution in [3.8, 4) is 0 Å². The van der Waals surface area contributed by atoms with E-state index in [1.165, 1.54) is 12.8 Å². The summed E-state index contributed by atoms with van der Waals surface area (Å²) in [4.78, 5) is 25.7. The molecular weight excluding hydrogens is 278 g/mol. The fourth-order valence-corrected chi connectivity index (χ4v) is 3.20. The summed E-state index contributed by atoms with van der Waals surface area (Å²) in [6, 6.07) is 7.09. The van der Waals surface area contributed by atoms with Crippen LogP contribution in [0.2, 0.25) is 0 Å². The first-order valence-electron chi connectivity index (χ1n) is 7.86. The van der Waals surface area contributed by atoms with Gasteiger partial charge in [-0.25, -0.2) is 4.79 Å². The minimum absolute atomic E-state index is 0.0499. The third kappa shape index (κ3) is 4.00. The van der Waals surface area contributed by atoms with E-state index in [2.05, 4.69) is 5.32 Å². The Morgan fingerprint density at radius 1 is 1.32 bits per heavy atom. The van der Waals surface area contributed by atoms with E-state index in [1.54, 1.807) is 0 Å². The van der Waals surface area contributed by atoms with Gasteiger partial charge in [-0.3, -0.25) is 4.79 Å². The predicted octanol–water partition coefficient (Wildman–Crippen LogP) is 2.50. The van der Waals surface area contributed by atoms with E-state index in [1.807, 2.05) is 43.1 Å². The minimum atomic E-state index is -0.607. The summed E-state index contributed by atoms with van der Waals surface area (Å²) in [5.41, 5.74) is 7.26. The van der Waals surface area contributed by atoms with Crippen LogP contribution in [0.15, 0.2) is 24.3 Å². The number of hydrogen-bond acceptors (Lipinski definition) is 2. The predicted molar refractivity (Wildman–Crippen MR) is 86.3 cm³/mol. The molecule has 1 aromatic rings. The van der Waals surface area contributed by atoms with Crippen molar-refractivity contribution in [2.75, 3.05) is 7.05 Å². The lowest BCUT2D eigenvalue weighted by molar-refractivity contribution is -0.132. The van der Waals surface area contributed by atoms with Crippen LogP contribution in [0.1, 0.15) is 49.3 Å². The number of benzene rings is 1. The topological polar surface area (TPSA) is 75.4 Å². The third-order valence-corrected chi connectivity index (χ3v) is 4.52. The molecule has 1 aliphatic carbocycles. The molecule has 0 radical (unpaired) electrons. The molecule has 5 nitrogen and oxygen atoms in total. The second-order valence-corrected chi connectivity index (χ2v) is 6.06. The summed E-state index contributed by atoms with van der Waals surface area (Å²) >= 11 is 0. The van der Waals surface area contributed by atoms with Crippen LogP contribution in [-0.4, -0.2) is 29.9 Å². The normalized spacial score (nSPS) is 16.3. The molecule has 1 unspecified atom stereocenters. The Hall–Kier alpha value is -2.04. The van der Waals surface area contributed by atoms with Gasteiger partial charge in [0.1, 0.15) is 0 Å². The molecular formula is C17H25N3O2. The molecule has 0 aliphatic heterocycles. The summed E-state index contributed by atoms with van der Waals surface area (Å²) in [5, 5.41) is 2.70. The Morgan fingerprint density at radius 3 is 2.55 bits per heavy atom. The minimum Gasteiger partial charge on any atom is -0.352 e. The van der Waals surface area contributed by atoms with Crippen LogP contribution in [0.4, 0.5) is 4.79 Å². The first-order valence-corrected chi connectivity index (χ1v) is 7.86.